The second-order valence-electron chi connectivity index (χ2n) is 4.49. The maximum Gasteiger partial charge on any atom is 0.246 e. The van der Waals surface area contributed by atoms with E-state index in [-0.39, 0.29) is 5.91 Å². The number of rotatable bonds is 2. The number of pyridine rings is 1. The zero-order valence-electron chi connectivity index (χ0n) is 10.5. The molecule has 3 nitrogen and oxygen atoms in total. The summed E-state index contributed by atoms with van der Waals surface area (Å²) in [5.74, 6) is 0.0124. The number of nitrogens with zero attached hydrogens (tertiary/aromatic N) is 2. The van der Waals surface area contributed by atoms with Crippen molar-refractivity contribution >= 4 is 17.2 Å². The Morgan fingerprint density at radius 2 is 2.37 bits per heavy atom. The molecule has 19 heavy (non-hydrogen) atoms. The number of carbonyl (C=O) groups excluding carboxylic acids is 1. The molecule has 0 spiro atoms. The van der Waals surface area contributed by atoms with Crippen LogP contribution in [0.15, 0.2) is 43.1 Å². The second kappa shape index (κ2) is 4.97. The van der Waals surface area contributed by atoms with Crippen molar-refractivity contribution in [1.82, 2.24) is 9.88 Å². The van der Waals surface area contributed by atoms with Gasteiger partial charge in [-0.05, 0) is 36.3 Å². The van der Waals surface area contributed by atoms with Gasteiger partial charge in [0.05, 0.1) is 17.1 Å². The van der Waals surface area contributed by atoms with Crippen LogP contribution in [-0.4, -0.2) is 22.3 Å². The number of carbonyl (C=O) groups is 1. The largest absolute Gasteiger partial charge is 0.334 e. The van der Waals surface area contributed by atoms with Crippen molar-refractivity contribution in [2.24, 2.45) is 0 Å². The van der Waals surface area contributed by atoms with E-state index in [0.717, 1.165) is 18.7 Å². The zero-order chi connectivity index (χ0) is 13.2. The summed E-state index contributed by atoms with van der Waals surface area (Å²) in [5, 5.41) is 0. The van der Waals surface area contributed by atoms with Crippen LogP contribution >= 0.6 is 11.3 Å². The highest BCUT2D eigenvalue weighted by molar-refractivity contribution is 7.15. The van der Waals surface area contributed by atoms with Gasteiger partial charge < -0.3 is 4.90 Å². The van der Waals surface area contributed by atoms with Gasteiger partial charge in [0, 0.05) is 17.6 Å². The van der Waals surface area contributed by atoms with E-state index in [1.54, 1.807) is 11.3 Å². The highest BCUT2D eigenvalue weighted by Crippen LogP contribution is 2.33. The van der Waals surface area contributed by atoms with Crippen molar-refractivity contribution < 1.29 is 4.79 Å². The van der Waals surface area contributed by atoms with Crippen LogP contribution in [0.1, 0.15) is 10.4 Å². The lowest BCUT2D eigenvalue weighted by Crippen LogP contribution is -2.33. The fourth-order valence-corrected chi connectivity index (χ4v) is 3.48. The summed E-state index contributed by atoms with van der Waals surface area (Å²) in [6.45, 7) is 5.01. The predicted octanol–water partition coefficient (Wildman–Crippen LogP) is 2.88. The van der Waals surface area contributed by atoms with Crippen LogP contribution in [-0.2, 0) is 17.8 Å². The lowest BCUT2D eigenvalue weighted by atomic mass is 10.1. The molecule has 96 valence electrons. The summed E-state index contributed by atoms with van der Waals surface area (Å²) >= 11 is 1.73. The number of hydrogen-bond donors (Lipinski definition) is 0. The maximum absolute atomic E-state index is 11.7. The second-order valence-corrected chi connectivity index (χ2v) is 5.62. The van der Waals surface area contributed by atoms with Gasteiger partial charge in [0.25, 0.3) is 0 Å². The van der Waals surface area contributed by atoms with E-state index in [1.165, 1.54) is 21.4 Å². The SMILES string of the molecule is C=CC(=O)N1CCc2cc(-c3ccccn3)sc2C1. The average molecular weight is 270 g/mol. The van der Waals surface area contributed by atoms with Gasteiger partial charge in [-0.25, -0.2) is 0 Å². The third-order valence-corrected chi connectivity index (χ3v) is 4.47. The first-order valence-corrected chi connectivity index (χ1v) is 7.04. The molecule has 0 aromatic carbocycles. The number of hydrogen-bond acceptors (Lipinski definition) is 3. The van der Waals surface area contributed by atoms with E-state index in [4.69, 9.17) is 0 Å². The standard InChI is InChI=1S/C15H14N2OS/c1-2-15(18)17-8-6-11-9-13(19-14(11)10-17)12-5-3-4-7-16-12/h2-5,7,9H,1,6,8,10H2. The molecule has 1 amide bonds. The molecule has 1 aliphatic rings. The van der Waals surface area contributed by atoms with Gasteiger partial charge in [0.15, 0.2) is 0 Å². The third kappa shape index (κ3) is 2.31. The Hall–Kier alpha value is -1.94. The summed E-state index contributed by atoms with van der Waals surface area (Å²) in [7, 11) is 0. The fraction of sp³-hybridized carbons (Fsp3) is 0.200. The minimum absolute atomic E-state index is 0.0124. The molecule has 2 aromatic rings. The molecule has 0 unspecified atom stereocenters. The summed E-state index contributed by atoms with van der Waals surface area (Å²) in [5.41, 5.74) is 2.35. The van der Waals surface area contributed by atoms with E-state index in [0.29, 0.717) is 6.54 Å². The van der Waals surface area contributed by atoms with Crippen LogP contribution < -0.4 is 0 Å². The fourth-order valence-electron chi connectivity index (χ4n) is 2.27. The van der Waals surface area contributed by atoms with Gasteiger partial charge in [-0.15, -0.1) is 11.3 Å². The van der Waals surface area contributed by atoms with E-state index < -0.39 is 0 Å². The van der Waals surface area contributed by atoms with E-state index >= 15 is 0 Å². The van der Waals surface area contributed by atoms with E-state index in [1.807, 2.05) is 29.3 Å². The number of amides is 1. The van der Waals surface area contributed by atoms with Crippen molar-refractivity contribution in [3.63, 3.8) is 0 Å². The molecule has 0 saturated heterocycles. The van der Waals surface area contributed by atoms with Crippen LogP contribution in [0.3, 0.4) is 0 Å². The van der Waals surface area contributed by atoms with Crippen LogP contribution in [0, 0.1) is 0 Å². The van der Waals surface area contributed by atoms with Crippen molar-refractivity contribution in [2.45, 2.75) is 13.0 Å². The highest BCUT2D eigenvalue weighted by atomic mass is 32.1. The minimum Gasteiger partial charge on any atom is -0.334 e. The highest BCUT2D eigenvalue weighted by Gasteiger charge is 2.21. The normalized spacial score (nSPS) is 14.0. The molecule has 0 fully saturated rings. The molecule has 0 aliphatic carbocycles. The van der Waals surface area contributed by atoms with Gasteiger partial charge in [0.2, 0.25) is 5.91 Å². The van der Waals surface area contributed by atoms with Gasteiger partial charge in [-0.2, -0.15) is 0 Å². The van der Waals surface area contributed by atoms with Gasteiger partial charge in [0.1, 0.15) is 0 Å². The molecule has 3 rings (SSSR count). The molecule has 2 aromatic heterocycles. The Morgan fingerprint density at radius 3 is 3.11 bits per heavy atom. The van der Waals surface area contributed by atoms with Gasteiger partial charge in [-0.1, -0.05) is 12.6 Å². The summed E-state index contributed by atoms with van der Waals surface area (Å²) < 4.78 is 0. The van der Waals surface area contributed by atoms with Crippen molar-refractivity contribution in [3.05, 3.63) is 53.6 Å². The first-order valence-electron chi connectivity index (χ1n) is 6.22. The predicted molar refractivity (Wildman–Crippen MR) is 76.9 cm³/mol. The lowest BCUT2D eigenvalue weighted by Gasteiger charge is -2.25. The summed E-state index contributed by atoms with van der Waals surface area (Å²) in [6.07, 6.45) is 4.11. The first kappa shape index (κ1) is 12.1. The molecular formula is C15H14N2OS. The van der Waals surface area contributed by atoms with Crippen molar-refractivity contribution in [1.29, 1.82) is 0 Å². The van der Waals surface area contributed by atoms with Crippen molar-refractivity contribution in [2.75, 3.05) is 6.54 Å². The molecule has 3 heterocycles. The third-order valence-electron chi connectivity index (χ3n) is 3.29. The molecule has 0 saturated carbocycles. The molecule has 0 bridgehead atoms. The Morgan fingerprint density at radius 1 is 1.47 bits per heavy atom. The molecule has 0 atom stereocenters. The summed E-state index contributed by atoms with van der Waals surface area (Å²) in [6, 6.07) is 8.14. The molecule has 0 N–H and O–H groups in total. The van der Waals surface area contributed by atoms with Gasteiger partial charge >= 0.3 is 0 Å². The molecule has 4 heteroatoms. The van der Waals surface area contributed by atoms with Crippen LogP contribution in [0.25, 0.3) is 10.6 Å². The maximum atomic E-state index is 11.7. The van der Waals surface area contributed by atoms with Crippen LogP contribution in [0.4, 0.5) is 0 Å². The number of fused-ring (bicyclic) bond motifs is 1. The number of aromatic nitrogens is 1. The smallest absolute Gasteiger partial charge is 0.246 e. The number of thiophene rings is 1. The lowest BCUT2D eigenvalue weighted by molar-refractivity contribution is -0.126. The Bertz CT molecular complexity index is 618. The first-order chi connectivity index (χ1) is 9.28. The Kier molecular flexibility index (Phi) is 3.17. The van der Waals surface area contributed by atoms with Crippen LogP contribution in [0.5, 0.6) is 0 Å². The Balaban J connectivity index is 1.89. The monoisotopic (exact) mass is 270 g/mol. The molecule has 1 aliphatic heterocycles. The summed E-state index contributed by atoms with van der Waals surface area (Å²) in [4.78, 5) is 20.3. The Labute approximate surface area is 116 Å². The van der Waals surface area contributed by atoms with Crippen molar-refractivity contribution in [3.8, 4) is 10.6 Å². The quantitative estimate of drug-likeness (QED) is 0.786. The van der Waals surface area contributed by atoms with Gasteiger partial charge in [-0.3, -0.25) is 9.78 Å². The molecule has 0 radical (unpaired) electrons. The zero-order valence-corrected chi connectivity index (χ0v) is 11.3. The van der Waals surface area contributed by atoms with Crippen LogP contribution in [0.2, 0.25) is 0 Å². The molecular weight excluding hydrogens is 256 g/mol. The average Bonchev–Trinajstić information content (AvgIpc) is 2.90. The van der Waals surface area contributed by atoms with E-state index in [9.17, 15) is 4.79 Å². The minimum atomic E-state index is 0.0124. The topological polar surface area (TPSA) is 33.2 Å². The van der Waals surface area contributed by atoms with E-state index in [2.05, 4.69) is 17.6 Å².